The molecule has 3 rings (SSSR count). The van der Waals surface area contributed by atoms with Gasteiger partial charge < -0.3 is 10.6 Å². The van der Waals surface area contributed by atoms with E-state index in [4.69, 9.17) is 0 Å². The van der Waals surface area contributed by atoms with Crippen molar-refractivity contribution >= 4 is 37.5 Å². The number of hydrogen-bond donors (Lipinski definition) is 3. The number of amides is 2. The van der Waals surface area contributed by atoms with Gasteiger partial charge in [0, 0.05) is 25.2 Å². The second-order valence-corrected chi connectivity index (χ2v) is 10.6. The van der Waals surface area contributed by atoms with Crippen molar-refractivity contribution in [3.8, 4) is 0 Å². The minimum atomic E-state index is -3.93. The van der Waals surface area contributed by atoms with Gasteiger partial charge in [-0.1, -0.05) is 24.3 Å². The predicted molar refractivity (Wildman–Crippen MR) is 114 cm³/mol. The van der Waals surface area contributed by atoms with Gasteiger partial charge in [0.05, 0.1) is 23.4 Å². The molecule has 0 bridgehead atoms. The highest BCUT2D eigenvalue weighted by Gasteiger charge is 2.29. The fraction of sp³-hybridized carbons (Fsp3) is 0.263. The van der Waals surface area contributed by atoms with Crippen molar-refractivity contribution in [3.63, 3.8) is 0 Å². The molecular weight excluding hydrogens is 444 g/mol. The van der Waals surface area contributed by atoms with Crippen LogP contribution in [0.4, 0.5) is 5.69 Å². The van der Waals surface area contributed by atoms with Gasteiger partial charge in [-0.2, -0.15) is 4.31 Å². The molecule has 2 aromatic carbocycles. The normalized spacial score (nSPS) is 15.2. The summed E-state index contributed by atoms with van der Waals surface area (Å²) in [4.78, 5) is 24.0. The summed E-state index contributed by atoms with van der Waals surface area (Å²) >= 11 is 0. The maximum Gasteiger partial charge on any atom is 0.251 e. The van der Waals surface area contributed by atoms with E-state index in [1.807, 2.05) is 0 Å². The first-order valence-corrected chi connectivity index (χ1v) is 12.6. The van der Waals surface area contributed by atoms with Gasteiger partial charge in [-0.15, -0.1) is 0 Å². The Morgan fingerprint density at radius 1 is 1.10 bits per heavy atom. The Morgan fingerprint density at radius 2 is 1.84 bits per heavy atom. The molecule has 3 N–H and O–H groups in total. The quantitative estimate of drug-likeness (QED) is 0.529. The maximum atomic E-state index is 12.8. The summed E-state index contributed by atoms with van der Waals surface area (Å²) in [6.45, 7) is 0.122. The van der Waals surface area contributed by atoms with Crippen LogP contribution in [0, 0.1) is 0 Å². The van der Waals surface area contributed by atoms with Crippen LogP contribution in [0.3, 0.4) is 0 Å². The van der Waals surface area contributed by atoms with Gasteiger partial charge in [-0.3, -0.25) is 14.3 Å². The topological polar surface area (TPSA) is 142 Å². The molecule has 2 aromatic rings. The van der Waals surface area contributed by atoms with Crippen LogP contribution in [0.1, 0.15) is 15.9 Å². The van der Waals surface area contributed by atoms with Gasteiger partial charge in [0.2, 0.25) is 26.0 Å². The number of piperazine rings is 1. The summed E-state index contributed by atoms with van der Waals surface area (Å²) in [6.07, 6.45) is 1.03. The van der Waals surface area contributed by atoms with E-state index in [2.05, 4.69) is 15.4 Å². The Bertz CT molecular complexity index is 1210. The number of nitrogens with one attached hydrogen (secondary N) is 3. The van der Waals surface area contributed by atoms with Crippen molar-refractivity contribution < 1.29 is 26.4 Å². The average molecular weight is 467 g/mol. The zero-order valence-corrected chi connectivity index (χ0v) is 18.3. The Labute approximate surface area is 180 Å². The van der Waals surface area contributed by atoms with Crippen LogP contribution in [0.5, 0.6) is 0 Å². The SMILES string of the molecule is CS(=O)(=O)Nc1ccccc1CNC(=O)c1cccc(S(=O)(=O)N2CCNC(=O)C2)c1. The summed E-state index contributed by atoms with van der Waals surface area (Å²) in [5.41, 5.74) is 1.01. The number of carbonyl (C=O) groups is 2. The van der Waals surface area contributed by atoms with E-state index in [1.165, 1.54) is 24.3 Å². The first-order chi connectivity index (χ1) is 14.6. The summed E-state index contributed by atoms with van der Waals surface area (Å²) in [7, 11) is -7.42. The second kappa shape index (κ2) is 9.04. The number of benzene rings is 2. The smallest absolute Gasteiger partial charge is 0.251 e. The monoisotopic (exact) mass is 466 g/mol. The van der Waals surface area contributed by atoms with E-state index in [0.29, 0.717) is 11.3 Å². The maximum absolute atomic E-state index is 12.8. The van der Waals surface area contributed by atoms with Gasteiger partial charge in [0.15, 0.2) is 0 Å². The van der Waals surface area contributed by atoms with E-state index < -0.39 is 26.0 Å². The Kier molecular flexibility index (Phi) is 6.62. The van der Waals surface area contributed by atoms with Crippen molar-refractivity contribution in [3.05, 3.63) is 59.7 Å². The lowest BCUT2D eigenvalue weighted by molar-refractivity contribution is -0.122. The summed E-state index contributed by atoms with van der Waals surface area (Å²) < 4.78 is 52.1. The third-order valence-electron chi connectivity index (χ3n) is 4.49. The number of nitrogens with zero attached hydrogens (tertiary/aromatic N) is 1. The molecule has 1 aliphatic heterocycles. The van der Waals surface area contributed by atoms with E-state index in [1.54, 1.807) is 24.3 Å². The van der Waals surface area contributed by atoms with Crippen molar-refractivity contribution in [2.24, 2.45) is 0 Å². The van der Waals surface area contributed by atoms with Gasteiger partial charge in [-0.05, 0) is 29.8 Å². The minimum Gasteiger partial charge on any atom is -0.354 e. The van der Waals surface area contributed by atoms with Gasteiger partial charge in [-0.25, -0.2) is 16.8 Å². The van der Waals surface area contributed by atoms with Crippen molar-refractivity contribution in [2.75, 3.05) is 30.6 Å². The van der Waals surface area contributed by atoms with Crippen LogP contribution >= 0.6 is 0 Å². The average Bonchev–Trinajstić information content (AvgIpc) is 2.72. The first-order valence-electron chi connectivity index (χ1n) is 9.27. The molecule has 1 heterocycles. The predicted octanol–water partition coefficient (Wildman–Crippen LogP) is 0.109. The Morgan fingerprint density at radius 3 is 2.55 bits per heavy atom. The van der Waals surface area contributed by atoms with E-state index >= 15 is 0 Å². The zero-order chi connectivity index (χ0) is 22.6. The molecule has 1 fully saturated rings. The summed E-state index contributed by atoms with van der Waals surface area (Å²) in [5.74, 6) is -0.910. The number of sulfonamides is 2. The van der Waals surface area contributed by atoms with Crippen LogP contribution in [0.2, 0.25) is 0 Å². The number of carbonyl (C=O) groups excluding carboxylic acids is 2. The first kappa shape index (κ1) is 22.7. The van der Waals surface area contributed by atoms with E-state index in [0.717, 1.165) is 10.6 Å². The molecule has 31 heavy (non-hydrogen) atoms. The molecule has 0 aromatic heterocycles. The van der Waals surface area contributed by atoms with E-state index in [9.17, 15) is 26.4 Å². The highest BCUT2D eigenvalue weighted by atomic mass is 32.2. The Balaban J connectivity index is 1.75. The van der Waals surface area contributed by atoms with Crippen LogP contribution in [0.25, 0.3) is 0 Å². The molecule has 0 radical (unpaired) electrons. The number of hydrogen-bond acceptors (Lipinski definition) is 6. The number of rotatable bonds is 7. The van der Waals surface area contributed by atoms with Crippen LogP contribution in [-0.4, -0.2) is 58.8 Å². The largest absolute Gasteiger partial charge is 0.354 e. The zero-order valence-electron chi connectivity index (χ0n) is 16.7. The van der Waals surface area contributed by atoms with Crippen molar-refractivity contribution in [1.82, 2.24) is 14.9 Å². The highest BCUT2D eigenvalue weighted by molar-refractivity contribution is 7.92. The standard InChI is InChI=1S/C19H22N4O6S2/c1-30(26,27)22-17-8-3-2-5-15(17)12-21-19(25)14-6-4-7-16(11-14)31(28,29)23-10-9-20-18(24)13-23/h2-8,11,22H,9-10,12-13H2,1H3,(H,20,24)(H,21,25). The molecule has 0 spiro atoms. The lowest BCUT2D eigenvalue weighted by Crippen LogP contribution is -2.49. The number of anilines is 1. The van der Waals surface area contributed by atoms with E-state index in [-0.39, 0.29) is 42.5 Å². The molecular formula is C19H22N4O6S2. The number of para-hydroxylation sites is 1. The van der Waals surface area contributed by atoms with Crippen molar-refractivity contribution in [2.45, 2.75) is 11.4 Å². The van der Waals surface area contributed by atoms with Gasteiger partial charge in [0.25, 0.3) is 5.91 Å². The van der Waals surface area contributed by atoms with Gasteiger partial charge >= 0.3 is 0 Å². The minimum absolute atomic E-state index is 0.0286. The van der Waals surface area contributed by atoms with Crippen LogP contribution < -0.4 is 15.4 Å². The van der Waals surface area contributed by atoms with Gasteiger partial charge in [0.1, 0.15) is 0 Å². The lowest BCUT2D eigenvalue weighted by atomic mass is 10.1. The summed E-state index contributed by atoms with van der Waals surface area (Å²) in [5, 5.41) is 5.22. The molecule has 1 saturated heterocycles. The Hall–Kier alpha value is -2.96. The molecule has 166 valence electrons. The molecule has 12 heteroatoms. The summed E-state index contributed by atoms with van der Waals surface area (Å²) in [6, 6.07) is 12.1. The van der Waals surface area contributed by atoms with Crippen molar-refractivity contribution in [1.29, 1.82) is 0 Å². The molecule has 10 nitrogen and oxygen atoms in total. The highest BCUT2D eigenvalue weighted by Crippen LogP contribution is 2.19. The fourth-order valence-electron chi connectivity index (χ4n) is 3.02. The third kappa shape index (κ3) is 5.81. The molecule has 0 unspecified atom stereocenters. The third-order valence-corrected chi connectivity index (χ3v) is 6.92. The van der Waals surface area contributed by atoms with Crippen LogP contribution in [0.15, 0.2) is 53.4 Å². The molecule has 0 atom stereocenters. The molecule has 0 aliphatic carbocycles. The molecule has 2 amide bonds. The molecule has 1 aliphatic rings. The second-order valence-electron chi connectivity index (χ2n) is 6.93. The fourth-order valence-corrected chi connectivity index (χ4v) is 5.06. The molecule has 0 saturated carbocycles. The van der Waals surface area contributed by atoms with Crippen LogP contribution in [-0.2, 0) is 31.4 Å². The lowest BCUT2D eigenvalue weighted by Gasteiger charge is -2.26.